The zero-order valence-electron chi connectivity index (χ0n) is 39.0. The van der Waals surface area contributed by atoms with Gasteiger partial charge in [-0.15, -0.1) is 6.42 Å². The molecule has 0 spiro atoms. The number of unbranched alkanes of at least 4 members (excludes halogenated alkanes) is 5. The first-order valence-corrected chi connectivity index (χ1v) is 24.4. The molecule has 0 saturated carbocycles. The fraction of sp³-hybridized carbons (Fsp3) is 0.433. The average Bonchev–Trinajstić information content (AvgIpc) is 3.75. The predicted octanol–water partition coefficient (Wildman–Crippen LogP) is 15.2. The summed E-state index contributed by atoms with van der Waals surface area (Å²) in [6.07, 6.45) is 22.3. The van der Waals surface area contributed by atoms with Crippen molar-refractivity contribution in [1.82, 2.24) is 0 Å². The lowest BCUT2D eigenvalue weighted by Crippen LogP contribution is -2.26. The Hall–Kier alpha value is -5.06. The lowest BCUT2D eigenvalue weighted by molar-refractivity contribution is 0.0356. The third-order valence-electron chi connectivity index (χ3n) is 13.8. The first-order valence-electron chi connectivity index (χ1n) is 24.4. The zero-order chi connectivity index (χ0) is 44.1. The Morgan fingerprint density at radius 3 is 1.30 bits per heavy atom. The smallest absolute Gasteiger partial charge is 0.119 e. The van der Waals surface area contributed by atoms with Crippen LogP contribution in [0.5, 0.6) is 5.75 Å². The van der Waals surface area contributed by atoms with E-state index < -0.39 is 0 Å². The predicted molar refractivity (Wildman–Crippen MR) is 265 cm³/mol. The normalized spacial score (nSPS) is 13.7. The van der Waals surface area contributed by atoms with Crippen LogP contribution in [-0.2, 0) is 20.3 Å². The summed E-state index contributed by atoms with van der Waals surface area (Å²) in [6.45, 7) is 14.5. The summed E-state index contributed by atoms with van der Waals surface area (Å²) >= 11 is 0. The topological polar surface area (TPSA) is 27.7 Å². The molecule has 2 aliphatic carbocycles. The SMILES string of the molecule is C#Cc1ccc2c(c1)C(CCCC)(CCCC)c1cc(-c3ccc4c(c3)C(CCCC)(CCCC)c3cc(C#Cc5ccc(OCCOCCOCCCC)cc5)ccc3-4)ccc1-2. The number of hydrogen-bond donors (Lipinski definition) is 0. The molecule has 0 fully saturated rings. The second kappa shape index (κ2) is 22.0. The van der Waals surface area contributed by atoms with Gasteiger partial charge in [0.25, 0.3) is 0 Å². The molecule has 0 saturated heterocycles. The third-order valence-corrected chi connectivity index (χ3v) is 13.8. The van der Waals surface area contributed by atoms with Gasteiger partial charge in [-0.3, -0.25) is 0 Å². The van der Waals surface area contributed by atoms with Crippen LogP contribution < -0.4 is 4.74 Å². The molecular weight excluding hydrogens is 769 g/mol. The van der Waals surface area contributed by atoms with Crippen LogP contribution in [0.3, 0.4) is 0 Å². The fourth-order valence-corrected chi connectivity index (χ4v) is 10.3. The Labute approximate surface area is 380 Å². The minimum Gasteiger partial charge on any atom is -0.491 e. The van der Waals surface area contributed by atoms with Gasteiger partial charge < -0.3 is 14.2 Å². The molecule has 0 radical (unpaired) electrons. The molecule has 0 atom stereocenters. The third kappa shape index (κ3) is 10.0. The van der Waals surface area contributed by atoms with Gasteiger partial charge >= 0.3 is 0 Å². The van der Waals surface area contributed by atoms with Crippen molar-refractivity contribution in [1.29, 1.82) is 0 Å². The van der Waals surface area contributed by atoms with Crippen molar-refractivity contribution in [2.24, 2.45) is 0 Å². The Morgan fingerprint density at radius 1 is 0.413 bits per heavy atom. The number of benzene rings is 5. The molecule has 0 heterocycles. The summed E-state index contributed by atoms with van der Waals surface area (Å²) in [4.78, 5) is 0. The maximum Gasteiger partial charge on any atom is 0.119 e. The van der Waals surface area contributed by atoms with Gasteiger partial charge in [-0.1, -0.05) is 147 Å². The molecule has 0 aliphatic heterocycles. The van der Waals surface area contributed by atoms with Crippen LogP contribution in [0.4, 0.5) is 0 Å². The van der Waals surface area contributed by atoms with E-state index in [1.165, 1.54) is 107 Å². The Morgan fingerprint density at radius 2 is 0.810 bits per heavy atom. The van der Waals surface area contributed by atoms with Crippen molar-refractivity contribution >= 4 is 0 Å². The van der Waals surface area contributed by atoms with Gasteiger partial charge in [-0.2, -0.15) is 0 Å². The second-order valence-corrected chi connectivity index (χ2v) is 18.0. The summed E-state index contributed by atoms with van der Waals surface area (Å²) < 4.78 is 17.2. The Bertz CT molecular complexity index is 2380. The molecule has 5 aromatic carbocycles. The maximum atomic E-state index is 6.02. The Kier molecular flexibility index (Phi) is 16.1. The molecule has 7 rings (SSSR count). The average molecular weight is 839 g/mol. The van der Waals surface area contributed by atoms with Gasteiger partial charge in [0.05, 0.1) is 19.8 Å². The van der Waals surface area contributed by atoms with Crippen LogP contribution >= 0.6 is 0 Å². The Balaban J connectivity index is 1.17. The lowest BCUT2D eigenvalue weighted by Gasteiger charge is -2.33. The van der Waals surface area contributed by atoms with E-state index in [1.54, 1.807) is 0 Å². The van der Waals surface area contributed by atoms with E-state index in [0.717, 1.165) is 67.6 Å². The molecule has 0 bridgehead atoms. The second-order valence-electron chi connectivity index (χ2n) is 18.0. The summed E-state index contributed by atoms with van der Waals surface area (Å²) in [5.41, 5.74) is 17.0. The van der Waals surface area contributed by atoms with Gasteiger partial charge in [0, 0.05) is 34.1 Å². The van der Waals surface area contributed by atoms with Crippen molar-refractivity contribution in [2.45, 2.75) is 135 Å². The molecule has 0 aromatic heterocycles. The van der Waals surface area contributed by atoms with E-state index in [-0.39, 0.29) is 10.8 Å². The number of fused-ring (bicyclic) bond motifs is 6. The van der Waals surface area contributed by atoms with Crippen LogP contribution in [0.2, 0.25) is 0 Å². The summed E-state index contributed by atoms with van der Waals surface area (Å²) in [5.74, 6) is 10.8. The molecule has 5 aromatic rings. The molecular formula is C60H70O3. The highest BCUT2D eigenvalue weighted by atomic mass is 16.5. The van der Waals surface area contributed by atoms with Crippen molar-refractivity contribution in [3.05, 3.63) is 136 Å². The van der Waals surface area contributed by atoms with Crippen molar-refractivity contribution < 1.29 is 14.2 Å². The maximum absolute atomic E-state index is 6.02. The van der Waals surface area contributed by atoms with E-state index in [2.05, 4.69) is 125 Å². The number of terminal acetylenes is 1. The first kappa shape index (κ1) is 45.9. The monoisotopic (exact) mass is 839 g/mol. The van der Waals surface area contributed by atoms with Crippen molar-refractivity contribution in [2.75, 3.05) is 33.0 Å². The minimum atomic E-state index is -0.0558. The number of hydrogen-bond acceptors (Lipinski definition) is 3. The van der Waals surface area contributed by atoms with Crippen LogP contribution in [-0.4, -0.2) is 33.0 Å². The van der Waals surface area contributed by atoms with Gasteiger partial charge in [0.15, 0.2) is 0 Å². The summed E-state index contributed by atoms with van der Waals surface area (Å²) in [5, 5.41) is 0. The summed E-state index contributed by atoms with van der Waals surface area (Å²) in [6, 6.07) is 36.6. The lowest BCUT2D eigenvalue weighted by atomic mass is 9.69. The first-order chi connectivity index (χ1) is 30.9. The van der Waals surface area contributed by atoms with Gasteiger partial charge in [0.1, 0.15) is 12.4 Å². The van der Waals surface area contributed by atoms with Crippen LogP contribution in [0.15, 0.2) is 97.1 Å². The highest BCUT2D eigenvalue weighted by molar-refractivity contribution is 5.87. The molecule has 328 valence electrons. The molecule has 3 nitrogen and oxygen atoms in total. The van der Waals surface area contributed by atoms with E-state index in [9.17, 15) is 0 Å². The standard InChI is InChI=1S/C60H70O3/c1-7-13-32-59(33-14-8-2)55-41-45(12-6)22-28-51(55)53-30-24-48(43-57(53)59)49-25-31-54-52-29-23-47(42-56(52)60(34-15-9-3,35-16-10-4)58(54)44-49)19-18-46-20-26-50(27-21-46)63-40-39-62-38-37-61-36-17-11-5/h6,20-31,41-44H,7-11,13-17,32-40H2,1-5H3. The molecule has 0 unspecified atom stereocenters. The van der Waals surface area contributed by atoms with Crippen LogP contribution in [0.1, 0.15) is 163 Å². The fourth-order valence-electron chi connectivity index (χ4n) is 10.3. The van der Waals surface area contributed by atoms with E-state index >= 15 is 0 Å². The molecule has 63 heavy (non-hydrogen) atoms. The van der Waals surface area contributed by atoms with E-state index in [1.807, 2.05) is 24.3 Å². The molecule has 2 aliphatic rings. The summed E-state index contributed by atoms with van der Waals surface area (Å²) in [7, 11) is 0. The number of rotatable bonds is 23. The van der Waals surface area contributed by atoms with Gasteiger partial charge in [-0.05, 0) is 148 Å². The van der Waals surface area contributed by atoms with Gasteiger partial charge in [0.2, 0.25) is 0 Å². The van der Waals surface area contributed by atoms with Crippen LogP contribution in [0.25, 0.3) is 33.4 Å². The van der Waals surface area contributed by atoms with E-state index in [4.69, 9.17) is 20.6 Å². The van der Waals surface area contributed by atoms with Crippen molar-refractivity contribution in [3.63, 3.8) is 0 Å². The quantitative estimate of drug-likeness (QED) is 0.0484. The molecule has 3 heteroatoms. The largest absolute Gasteiger partial charge is 0.491 e. The zero-order valence-corrected chi connectivity index (χ0v) is 39.0. The van der Waals surface area contributed by atoms with Gasteiger partial charge in [-0.25, -0.2) is 0 Å². The number of ether oxygens (including phenoxy) is 3. The van der Waals surface area contributed by atoms with E-state index in [0.29, 0.717) is 26.4 Å². The molecule has 0 N–H and O–H groups in total. The van der Waals surface area contributed by atoms with Crippen molar-refractivity contribution in [3.8, 4) is 63.3 Å². The molecule has 0 amide bonds. The van der Waals surface area contributed by atoms with Crippen LogP contribution in [0, 0.1) is 24.2 Å². The minimum absolute atomic E-state index is 0.0234. The highest BCUT2D eigenvalue weighted by Crippen LogP contribution is 2.57. The highest BCUT2D eigenvalue weighted by Gasteiger charge is 2.44.